The minimum Gasteiger partial charge on any atom is -0.744 e. The van der Waals surface area contributed by atoms with Crippen LogP contribution in [-0.2, 0) is 10.1 Å². The van der Waals surface area contributed by atoms with Gasteiger partial charge < -0.3 is 9.08 Å². The van der Waals surface area contributed by atoms with Crippen molar-refractivity contribution in [1.82, 2.24) is 10.4 Å². The zero-order chi connectivity index (χ0) is 12.9. The predicted octanol–water partition coefficient (Wildman–Crippen LogP) is -2.42. The van der Waals surface area contributed by atoms with Crippen molar-refractivity contribution in [2.45, 2.75) is 4.90 Å². The Balaban J connectivity index is 0.00000133. The smallest absolute Gasteiger partial charge is 0.744 e. The molecule has 0 radical (unpaired) electrons. The van der Waals surface area contributed by atoms with Crippen LogP contribution >= 0.6 is 0 Å². The van der Waals surface area contributed by atoms with Crippen molar-refractivity contribution >= 4 is 32.0 Å². The van der Waals surface area contributed by atoms with Gasteiger partial charge in [0.2, 0.25) is 0 Å². The molecule has 1 heterocycles. The molecule has 2 aromatic carbocycles. The molecule has 1 N–H and O–H groups in total. The van der Waals surface area contributed by atoms with E-state index in [-0.39, 0.29) is 51.3 Å². The third kappa shape index (κ3) is 2.33. The standard InChI is InChI=1S/C10H6N2O5S.Na/c13-5-1-2-6-7(3-5)10-8(17-12-11-10)4-9(6)18(14,15)16;/h1-4,12H,(H,14,15,16);/q;+1/p-1. The first kappa shape index (κ1) is 14.2. The van der Waals surface area contributed by atoms with E-state index in [1.165, 1.54) is 18.2 Å². The van der Waals surface area contributed by atoms with E-state index in [1.54, 1.807) is 0 Å². The fourth-order valence-electron chi connectivity index (χ4n) is 1.85. The first-order chi connectivity index (χ1) is 8.47. The summed E-state index contributed by atoms with van der Waals surface area (Å²) in [5.41, 5.74) is 0.0878. The molecule has 0 spiro atoms. The van der Waals surface area contributed by atoms with Crippen LogP contribution in [0.2, 0.25) is 0 Å². The Kier molecular flexibility index (Phi) is 3.54. The van der Waals surface area contributed by atoms with Crippen molar-refractivity contribution in [2.75, 3.05) is 0 Å². The van der Waals surface area contributed by atoms with Gasteiger partial charge in [-0.05, 0) is 18.2 Å². The Morgan fingerprint density at radius 1 is 1.21 bits per heavy atom. The topological polar surface area (TPSA) is 116 Å². The molecule has 0 saturated carbocycles. The van der Waals surface area contributed by atoms with E-state index in [2.05, 4.69) is 10.4 Å². The number of nitrogens with zero attached hydrogens (tertiary/aromatic N) is 1. The predicted molar refractivity (Wildman–Crippen MR) is 60.1 cm³/mol. The Bertz CT molecular complexity index is 928. The van der Waals surface area contributed by atoms with Gasteiger partial charge in [-0.3, -0.25) is 4.79 Å². The molecular formula is C10H5N2NaO5S. The van der Waals surface area contributed by atoms with Crippen LogP contribution in [0, 0.1) is 0 Å². The van der Waals surface area contributed by atoms with Crippen LogP contribution < -0.4 is 35.0 Å². The van der Waals surface area contributed by atoms with Gasteiger partial charge in [-0.2, -0.15) is 0 Å². The molecule has 0 aliphatic rings. The number of aromatic nitrogens is 2. The van der Waals surface area contributed by atoms with Gasteiger partial charge in [0.25, 0.3) is 0 Å². The molecule has 0 aliphatic heterocycles. The maximum Gasteiger partial charge on any atom is 1.00 e. The van der Waals surface area contributed by atoms with E-state index in [4.69, 9.17) is 4.52 Å². The fraction of sp³-hybridized carbons (Fsp3) is 0. The molecule has 3 rings (SSSR count). The Hall–Kier alpha value is -1.19. The summed E-state index contributed by atoms with van der Waals surface area (Å²) in [5.74, 6) is 0. The minimum atomic E-state index is -4.67. The summed E-state index contributed by atoms with van der Waals surface area (Å²) in [6.45, 7) is 0. The van der Waals surface area contributed by atoms with Crippen LogP contribution in [0.15, 0.2) is 38.5 Å². The van der Waals surface area contributed by atoms with E-state index in [0.29, 0.717) is 5.52 Å². The second-order valence-corrected chi connectivity index (χ2v) is 5.04. The number of rotatable bonds is 1. The molecule has 3 aromatic rings. The molecule has 19 heavy (non-hydrogen) atoms. The van der Waals surface area contributed by atoms with E-state index >= 15 is 0 Å². The van der Waals surface area contributed by atoms with Crippen molar-refractivity contribution in [2.24, 2.45) is 0 Å². The molecule has 0 saturated heterocycles. The Morgan fingerprint density at radius 2 is 1.95 bits per heavy atom. The third-order valence-corrected chi connectivity index (χ3v) is 3.47. The normalized spacial score (nSPS) is 11.6. The van der Waals surface area contributed by atoms with Crippen LogP contribution in [0.4, 0.5) is 0 Å². The second kappa shape index (κ2) is 4.73. The van der Waals surface area contributed by atoms with Crippen molar-refractivity contribution in [3.63, 3.8) is 0 Å². The van der Waals surface area contributed by atoms with Crippen molar-refractivity contribution < 1.29 is 47.1 Å². The quantitative estimate of drug-likeness (QED) is 0.393. The number of hydrogen-bond acceptors (Lipinski definition) is 6. The summed E-state index contributed by atoms with van der Waals surface area (Å²) in [4.78, 5) is 10.9. The van der Waals surface area contributed by atoms with Crippen molar-refractivity contribution in [3.8, 4) is 0 Å². The van der Waals surface area contributed by atoms with Crippen LogP contribution in [0.25, 0.3) is 21.9 Å². The second-order valence-electron chi connectivity index (χ2n) is 3.69. The van der Waals surface area contributed by atoms with E-state index in [9.17, 15) is 17.8 Å². The molecule has 7 nitrogen and oxygen atoms in total. The SMILES string of the molecule is O=c1ccc2c(S(=O)(=O)[O-])cc3o[nH]nc3c2c1.[Na+]. The summed E-state index contributed by atoms with van der Waals surface area (Å²) in [7, 11) is -4.67. The van der Waals surface area contributed by atoms with Crippen LogP contribution in [-0.4, -0.2) is 23.3 Å². The Morgan fingerprint density at radius 3 is 2.63 bits per heavy atom. The molecule has 0 fully saturated rings. The number of fused-ring (bicyclic) bond motifs is 3. The van der Waals surface area contributed by atoms with Crippen molar-refractivity contribution in [1.29, 1.82) is 0 Å². The molecule has 0 bridgehead atoms. The largest absolute Gasteiger partial charge is 1.00 e. The van der Waals surface area contributed by atoms with Crippen molar-refractivity contribution in [3.05, 3.63) is 34.5 Å². The maximum absolute atomic E-state index is 11.3. The van der Waals surface area contributed by atoms with Crippen LogP contribution in [0.1, 0.15) is 0 Å². The summed E-state index contributed by atoms with van der Waals surface area (Å²) < 4.78 is 38.4. The van der Waals surface area contributed by atoms with Gasteiger partial charge in [-0.15, -0.1) is 10.4 Å². The first-order valence-corrected chi connectivity index (χ1v) is 6.24. The van der Waals surface area contributed by atoms with Gasteiger partial charge in [0.1, 0.15) is 15.6 Å². The van der Waals surface area contributed by atoms with E-state index < -0.39 is 15.0 Å². The zero-order valence-electron chi connectivity index (χ0n) is 9.71. The molecule has 0 unspecified atom stereocenters. The van der Waals surface area contributed by atoms with E-state index in [0.717, 1.165) is 6.07 Å². The number of hydrogen-bond donors (Lipinski definition) is 1. The fourth-order valence-corrected chi connectivity index (χ4v) is 2.55. The zero-order valence-corrected chi connectivity index (χ0v) is 12.5. The summed E-state index contributed by atoms with van der Waals surface area (Å²) in [6, 6.07) is 4.78. The summed E-state index contributed by atoms with van der Waals surface area (Å²) in [6.07, 6.45) is 0. The monoisotopic (exact) mass is 288 g/mol. The molecule has 1 aromatic heterocycles. The first-order valence-electron chi connectivity index (χ1n) is 4.83. The number of aromatic amines is 1. The number of H-pyrrole nitrogens is 1. The molecule has 0 amide bonds. The van der Waals surface area contributed by atoms with Gasteiger partial charge in [0.05, 0.1) is 4.90 Å². The van der Waals surface area contributed by atoms with Gasteiger partial charge in [0, 0.05) is 16.8 Å². The summed E-state index contributed by atoms with van der Waals surface area (Å²) >= 11 is 0. The average molecular weight is 288 g/mol. The molecule has 9 heteroatoms. The number of benzene rings is 2. The average Bonchev–Trinajstić information content (AvgIpc) is 2.74. The summed E-state index contributed by atoms with van der Waals surface area (Å²) in [5, 5.41) is 6.40. The maximum atomic E-state index is 11.3. The minimum absolute atomic E-state index is 0. The van der Waals surface area contributed by atoms with Crippen LogP contribution in [0.5, 0.6) is 0 Å². The van der Waals surface area contributed by atoms with Gasteiger partial charge in [-0.1, -0.05) is 0 Å². The molecule has 0 atom stereocenters. The Labute approximate surface area is 128 Å². The number of nitrogens with one attached hydrogen (secondary N) is 1. The third-order valence-electron chi connectivity index (χ3n) is 2.59. The van der Waals surface area contributed by atoms with Gasteiger partial charge in [0.15, 0.2) is 11.0 Å². The van der Waals surface area contributed by atoms with Gasteiger partial charge in [-0.25, -0.2) is 8.42 Å². The van der Waals surface area contributed by atoms with Gasteiger partial charge >= 0.3 is 29.6 Å². The van der Waals surface area contributed by atoms with Crippen LogP contribution in [0.3, 0.4) is 0 Å². The van der Waals surface area contributed by atoms with E-state index in [1.807, 2.05) is 0 Å². The molecule has 92 valence electrons. The molecule has 0 aliphatic carbocycles. The molecular weight excluding hydrogens is 283 g/mol.